The van der Waals surface area contributed by atoms with Crippen LogP contribution >= 0.6 is 0 Å². The zero-order chi connectivity index (χ0) is 19.3. The van der Waals surface area contributed by atoms with Gasteiger partial charge in [-0.2, -0.15) is 0 Å². The second kappa shape index (κ2) is 14.6. The minimum atomic E-state index is -0.223. The van der Waals surface area contributed by atoms with Crippen molar-refractivity contribution < 1.29 is 38.1 Å². The number of unbranched alkanes of at least 4 members (excludes halogenated alkanes) is 7. The van der Waals surface area contributed by atoms with E-state index in [0.29, 0.717) is 12.2 Å². The number of rotatable bonds is 12. The Hall–Kier alpha value is -1.43. The second-order valence-corrected chi connectivity index (χ2v) is 7.08. The number of aryl methyl sites for hydroxylation is 1. The summed E-state index contributed by atoms with van der Waals surface area (Å²) in [6.07, 6.45) is 13.8. The van der Waals surface area contributed by atoms with Crippen molar-refractivity contribution in [3.8, 4) is 11.1 Å². The molecule has 4 heteroatoms. The molecule has 2 rings (SSSR count). The lowest BCUT2D eigenvalue weighted by molar-refractivity contribution is -0.693. The lowest BCUT2D eigenvalue weighted by Gasteiger charge is -2.09. The molecule has 0 unspecified atom stereocenters. The Morgan fingerprint density at radius 2 is 1.54 bits per heavy atom. The molecular formula is C24H34INO2. The van der Waals surface area contributed by atoms with Crippen molar-refractivity contribution in [1.29, 1.82) is 0 Å². The molecule has 0 fully saturated rings. The highest BCUT2D eigenvalue weighted by Gasteiger charge is 2.18. The second-order valence-electron chi connectivity index (χ2n) is 7.08. The van der Waals surface area contributed by atoms with E-state index in [1.165, 1.54) is 38.5 Å². The molecule has 3 nitrogen and oxygen atoms in total. The van der Waals surface area contributed by atoms with Gasteiger partial charge in [0.05, 0.1) is 6.61 Å². The third kappa shape index (κ3) is 8.29. The first-order valence-electron chi connectivity index (χ1n) is 10.5. The van der Waals surface area contributed by atoms with Gasteiger partial charge in [0, 0.05) is 11.6 Å². The Kier molecular flexibility index (Phi) is 12.8. The fraction of sp³-hybridized carbons (Fsp3) is 0.500. The Balaban J connectivity index is 0.00000392. The maximum atomic E-state index is 12.7. The molecule has 0 N–H and O–H groups in total. The molecule has 0 atom stereocenters. The number of hydrogen-bond acceptors (Lipinski definition) is 2. The number of carbonyl (C=O) groups excluding carboxylic acids is 1. The van der Waals surface area contributed by atoms with Crippen molar-refractivity contribution in [3.63, 3.8) is 0 Å². The number of esters is 1. The van der Waals surface area contributed by atoms with Crippen LogP contribution in [0.15, 0.2) is 48.8 Å². The molecule has 1 aromatic carbocycles. The Morgan fingerprint density at radius 3 is 2.18 bits per heavy atom. The molecule has 0 aliphatic heterocycles. The van der Waals surface area contributed by atoms with Gasteiger partial charge < -0.3 is 28.7 Å². The molecule has 0 aliphatic rings. The van der Waals surface area contributed by atoms with E-state index in [2.05, 4.69) is 13.8 Å². The van der Waals surface area contributed by atoms with Gasteiger partial charge in [-0.3, -0.25) is 0 Å². The van der Waals surface area contributed by atoms with Gasteiger partial charge in [-0.25, -0.2) is 9.36 Å². The van der Waals surface area contributed by atoms with E-state index >= 15 is 0 Å². The van der Waals surface area contributed by atoms with Crippen LogP contribution < -0.4 is 28.5 Å². The van der Waals surface area contributed by atoms with Gasteiger partial charge in [0.2, 0.25) is 0 Å². The summed E-state index contributed by atoms with van der Waals surface area (Å²) in [6, 6.07) is 12.0. The number of aromatic nitrogens is 1. The summed E-state index contributed by atoms with van der Waals surface area (Å²) in [7, 11) is 0. The molecule has 0 saturated heterocycles. The van der Waals surface area contributed by atoms with Crippen LogP contribution in [-0.4, -0.2) is 12.6 Å². The molecule has 2 aromatic rings. The fourth-order valence-corrected chi connectivity index (χ4v) is 3.25. The van der Waals surface area contributed by atoms with E-state index in [-0.39, 0.29) is 29.9 Å². The molecule has 1 aromatic heterocycles. The highest BCUT2D eigenvalue weighted by atomic mass is 127. The van der Waals surface area contributed by atoms with E-state index in [1.54, 1.807) is 0 Å². The molecule has 0 amide bonds. The van der Waals surface area contributed by atoms with Gasteiger partial charge in [0.15, 0.2) is 12.4 Å². The lowest BCUT2D eigenvalue weighted by atomic mass is 10.0. The van der Waals surface area contributed by atoms with Crippen LogP contribution in [0.3, 0.4) is 0 Å². The Bertz CT molecular complexity index is 688. The predicted molar refractivity (Wildman–Crippen MR) is 111 cm³/mol. The molecule has 0 radical (unpaired) electrons. The number of nitrogens with zero attached hydrogens (tertiary/aromatic N) is 1. The SMILES string of the molecule is CCCCCCCCCCOC(=O)c1c[n+](CC)ccc1-c1ccccc1.[I-]. The normalized spacial score (nSPS) is 10.4. The molecule has 0 bridgehead atoms. The number of benzene rings is 1. The average Bonchev–Trinajstić information content (AvgIpc) is 2.72. The van der Waals surface area contributed by atoms with Crippen molar-refractivity contribution in [2.75, 3.05) is 6.61 Å². The molecule has 0 aliphatic carbocycles. The van der Waals surface area contributed by atoms with Gasteiger partial charge in [0.25, 0.3) is 0 Å². The van der Waals surface area contributed by atoms with Crippen molar-refractivity contribution in [3.05, 3.63) is 54.4 Å². The van der Waals surface area contributed by atoms with Crippen LogP contribution in [-0.2, 0) is 11.3 Å². The van der Waals surface area contributed by atoms with Crippen LogP contribution in [0.1, 0.15) is 75.6 Å². The zero-order valence-corrected chi connectivity index (χ0v) is 19.5. The van der Waals surface area contributed by atoms with Crippen LogP contribution in [0.4, 0.5) is 0 Å². The summed E-state index contributed by atoms with van der Waals surface area (Å²) in [6.45, 7) is 5.64. The average molecular weight is 495 g/mol. The molecule has 28 heavy (non-hydrogen) atoms. The minimum Gasteiger partial charge on any atom is -1.00 e. The molecular weight excluding hydrogens is 461 g/mol. The van der Waals surface area contributed by atoms with Gasteiger partial charge >= 0.3 is 5.97 Å². The molecule has 0 saturated carbocycles. The zero-order valence-electron chi connectivity index (χ0n) is 17.3. The molecule has 0 spiro atoms. The summed E-state index contributed by atoms with van der Waals surface area (Å²) >= 11 is 0. The summed E-state index contributed by atoms with van der Waals surface area (Å²) in [5.41, 5.74) is 2.62. The standard InChI is InChI=1S/C24H34NO2.HI/c1-3-5-6-7-8-9-10-14-19-27-24(26)23-20-25(4-2)18-17-22(23)21-15-12-11-13-16-21;/h11-13,15-18,20H,3-10,14,19H2,1-2H3;1H/q+1;/p-1. The third-order valence-corrected chi connectivity index (χ3v) is 4.92. The van der Waals surface area contributed by atoms with Crippen LogP contribution in [0.5, 0.6) is 0 Å². The molecule has 154 valence electrons. The van der Waals surface area contributed by atoms with Crippen molar-refractivity contribution >= 4 is 5.97 Å². The number of carbonyl (C=O) groups is 1. The van der Waals surface area contributed by atoms with Crippen molar-refractivity contribution in [2.45, 2.75) is 71.8 Å². The fourth-order valence-electron chi connectivity index (χ4n) is 3.25. The number of halogens is 1. The quantitative estimate of drug-likeness (QED) is 0.196. The first kappa shape index (κ1) is 24.6. The van der Waals surface area contributed by atoms with Gasteiger partial charge in [-0.1, -0.05) is 82.2 Å². The Morgan fingerprint density at radius 1 is 0.893 bits per heavy atom. The van der Waals surface area contributed by atoms with Gasteiger partial charge in [-0.15, -0.1) is 0 Å². The van der Waals surface area contributed by atoms with Crippen LogP contribution in [0.2, 0.25) is 0 Å². The first-order valence-corrected chi connectivity index (χ1v) is 10.5. The van der Waals surface area contributed by atoms with Crippen LogP contribution in [0, 0.1) is 0 Å². The van der Waals surface area contributed by atoms with Gasteiger partial charge in [-0.05, 0) is 18.9 Å². The monoisotopic (exact) mass is 495 g/mol. The molecule has 1 heterocycles. The van der Waals surface area contributed by atoms with E-state index in [4.69, 9.17) is 4.74 Å². The number of pyridine rings is 1. The van der Waals surface area contributed by atoms with Gasteiger partial charge in [0.1, 0.15) is 12.1 Å². The van der Waals surface area contributed by atoms with E-state index in [9.17, 15) is 4.79 Å². The maximum absolute atomic E-state index is 12.7. The maximum Gasteiger partial charge on any atom is 0.344 e. The van der Waals surface area contributed by atoms with Crippen molar-refractivity contribution in [1.82, 2.24) is 0 Å². The van der Waals surface area contributed by atoms with Crippen molar-refractivity contribution in [2.24, 2.45) is 0 Å². The topological polar surface area (TPSA) is 30.2 Å². The summed E-state index contributed by atoms with van der Waals surface area (Å²) in [4.78, 5) is 12.7. The summed E-state index contributed by atoms with van der Waals surface area (Å²) < 4.78 is 7.60. The van der Waals surface area contributed by atoms with E-state index < -0.39 is 0 Å². The number of ether oxygens (including phenoxy) is 1. The van der Waals surface area contributed by atoms with E-state index in [0.717, 1.165) is 30.5 Å². The minimum absolute atomic E-state index is 0. The first-order chi connectivity index (χ1) is 13.3. The smallest absolute Gasteiger partial charge is 0.344 e. The highest BCUT2D eigenvalue weighted by molar-refractivity contribution is 5.96. The van der Waals surface area contributed by atoms with E-state index in [1.807, 2.05) is 53.4 Å². The Labute approximate surface area is 187 Å². The largest absolute Gasteiger partial charge is 1.00 e. The summed E-state index contributed by atoms with van der Waals surface area (Å²) in [5.74, 6) is -0.223. The highest BCUT2D eigenvalue weighted by Crippen LogP contribution is 2.23. The summed E-state index contributed by atoms with van der Waals surface area (Å²) in [5, 5.41) is 0. The number of hydrogen-bond donors (Lipinski definition) is 0. The third-order valence-electron chi connectivity index (χ3n) is 4.92. The lowest BCUT2D eigenvalue weighted by Crippen LogP contribution is -3.00. The van der Waals surface area contributed by atoms with Crippen LogP contribution in [0.25, 0.3) is 11.1 Å². The predicted octanol–water partition coefficient (Wildman–Crippen LogP) is 2.96.